The third-order valence-corrected chi connectivity index (χ3v) is 2.13. The molecule has 0 aliphatic heterocycles. The highest BCUT2D eigenvalue weighted by molar-refractivity contribution is 6.31. The Morgan fingerprint density at radius 2 is 2.00 bits per heavy atom. The van der Waals surface area contributed by atoms with Crippen LogP contribution in [0, 0.1) is 0 Å². The summed E-state index contributed by atoms with van der Waals surface area (Å²) < 4.78 is 0. The van der Waals surface area contributed by atoms with Gasteiger partial charge in [0, 0.05) is 17.6 Å². The molecule has 1 N–H and O–H groups in total. The van der Waals surface area contributed by atoms with Crippen molar-refractivity contribution >= 4 is 23.2 Å². The first-order valence-electron chi connectivity index (χ1n) is 4.57. The van der Waals surface area contributed by atoms with Gasteiger partial charge < -0.3 is 5.32 Å². The highest BCUT2D eigenvalue weighted by atomic mass is 35.5. The van der Waals surface area contributed by atoms with E-state index in [9.17, 15) is 4.79 Å². The summed E-state index contributed by atoms with van der Waals surface area (Å²) in [4.78, 5) is 10.9. The molecule has 0 bridgehead atoms. The summed E-state index contributed by atoms with van der Waals surface area (Å²) in [7, 11) is 0. The lowest BCUT2D eigenvalue weighted by Crippen LogP contribution is -2.06. The molecule has 1 aromatic carbocycles. The van der Waals surface area contributed by atoms with E-state index in [1.165, 1.54) is 6.92 Å². The van der Waals surface area contributed by atoms with Crippen LogP contribution in [-0.2, 0) is 4.79 Å². The van der Waals surface area contributed by atoms with E-state index in [4.69, 9.17) is 11.6 Å². The van der Waals surface area contributed by atoms with Gasteiger partial charge in [0.05, 0.1) is 0 Å². The highest BCUT2D eigenvalue weighted by Crippen LogP contribution is 2.24. The van der Waals surface area contributed by atoms with Crippen molar-refractivity contribution in [2.24, 2.45) is 0 Å². The Balaban J connectivity index is 3.01. The molecule has 0 saturated carbocycles. The summed E-state index contributed by atoms with van der Waals surface area (Å²) in [5.74, 6) is 0.322. The minimum Gasteiger partial charge on any atom is -0.326 e. The molecule has 3 heteroatoms. The number of hydrogen-bond acceptors (Lipinski definition) is 1. The zero-order valence-electron chi connectivity index (χ0n) is 8.60. The number of nitrogens with one attached hydrogen (secondary N) is 1. The molecule has 1 aromatic rings. The van der Waals surface area contributed by atoms with Gasteiger partial charge in [-0.05, 0) is 29.7 Å². The van der Waals surface area contributed by atoms with Crippen molar-refractivity contribution in [1.29, 1.82) is 0 Å². The maximum absolute atomic E-state index is 10.9. The zero-order valence-corrected chi connectivity index (χ0v) is 9.35. The molecule has 0 spiro atoms. The lowest BCUT2D eigenvalue weighted by Gasteiger charge is -2.09. The predicted molar refractivity (Wildman–Crippen MR) is 59.8 cm³/mol. The van der Waals surface area contributed by atoms with Gasteiger partial charge in [0.2, 0.25) is 5.91 Å². The van der Waals surface area contributed by atoms with E-state index in [1.54, 1.807) is 6.07 Å². The summed E-state index contributed by atoms with van der Waals surface area (Å²) in [5.41, 5.74) is 1.88. The number of halogens is 1. The molecule has 0 saturated heterocycles. The van der Waals surface area contributed by atoms with Gasteiger partial charge in [0.25, 0.3) is 0 Å². The van der Waals surface area contributed by atoms with Crippen molar-refractivity contribution in [3.63, 3.8) is 0 Å². The smallest absolute Gasteiger partial charge is 0.221 e. The summed E-state index contributed by atoms with van der Waals surface area (Å²) in [6.07, 6.45) is 0. The van der Waals surface area contributed by atoms with Crippen LogP contribution >= 0.6 is 11.6 Å². The molecular formula is C11H14ClNO. The van der Waals surface area contributed by atoms with Crippen LogP contribution < -0.4 is 5.32 Å². The van der Waals surface area contributed by atoms with Crippen LogP contribution in [0.2, 0.25) is 5.02 Å². The minimum absolute atomic E-state index is 0.0815. The van der Waals surface area contributed by atoms with Crippen molar-refractivity contribution in [2.75, 3.05) is 5.32 Å². The van der Waals surface area contributed by atoms with Crippen molar-refractivity contribution in [3.8, 4) is 0 Å². The Bertz CT molecular complexity index is 347. The number of anilines is 1. The van der Waals surface area contributed by atoms with Gasteiger partial charge in [-0.25, -0.2) is 0 Å². The van der Waals surface area contributed by atoms with Crippen molar-refractivity contribution in [1.82, 2.24) is 0 Å². The second kappa shape index (κ2) is 4.47. The molecule has 0 aliphatic rings. The van der Waals surface area contributed by atoms with Crippen LogP contribution in [0.4, 0.5) is 5.69 Å². The number of benzene rings is 1. The molecule has 0 atom stereocenters. The van der Waals surface area contributed by atoms with Gasteiger partial charge in [-0.1, -0.05) is 25.4 Å². The van der Waals surface area contributed by atoms with Gasteiger partial charge in [-0.3, -0.25) is 4.79 Å². The minimum atomic E-state index is -0.0815. The molecule has 0 aromatic heterocycles. The Kier molecular flexibility index (Phi) is 3.53. The summed E-state index contributed by atoms with van der Waals surface area (Å²) >= 11 is 5.93. The number of rotatable bonds is 2. The fourth-order valence-corrected chi connectivity index (χ4v) is 1.46. The molecule has 0 radical (unpaired) electrons. The largest absolute Gasteiger partial charge is 0.326 e. The lowest BCUT2D eigenvalue weighted by molar-refractivity contribution is -0.114. The van der Waals surface area contributed by atoms with Crippen LogP contribution in [0.25, 0.3) is 0 Å². The molecular weight excluding hydrogens is 198 g/mol. The molecule has 1 rings (SSSR count). The maximum Gasteiger partial charge on any atom is 0.221 e. The van der Waals surface area contributed by atoms with Gasteiger partial charge in [0.15, 0.2) is 0 Å². The monoisotopic (exact) mass is 211 g/mol. The van der Waals surface area contributed by atoms with E-state index in [1.807, 2.05) is 12.1 Å². The summed E-state index contributed by atoms with van der Waals surface area (Å²) in [6, 6.07) is 5.60. The Labute approximate surface area is 89.3 Å². The van der Waals surface area contributed by atoms with Crippen LogP contribution in [0.1, 0.15) is 32.3 Å². The van der Waals surface area contributed by atoms with Crippen LogP contribution in [-0.4, -0.2) is 5.91 Å². The lowest BCUT2D eigenvalue weighted by atomic mass is 10.0. The number of amides is 1. The van der Waals surface area contributed by atoms with E-state index in [-0.39, 0.29) is 5.91 Å². The number of carbonyl (C=O) groups excluding carboxylic acids is 1. The van der Waals surface area contributed by atoms with E-state index in [0.717, 1.165) is 11.3 Å². The third kappa shape index (κ3) is 3.04. The molecule has 2 nitrogen and oxygen atoms in total. The molecule has 1 amide bonds. The third-order valence-electron chi connectivity index (χ3n) is 1.91. The van der Waals surface area contributed by atoms with E-state index in [2.05, 4.69) is 19.2 Å². The highest BCUT2D eigenvalue weighted by Gasteiger charge is 2.04. The van der Waals surface area contributed by atoms with Gasteiger partial charge >= 0.3 is 0 Å². The zero-order chi connectivity index (χ0) is 10.7. The average molecular weight is 212 g/mol. The topological polar surface area (TPSA) is 29.1 Å². The second-order valence-electron chi connectivity index (χ2n) is 3.61. The first-order chi connectivity index (χ1) is 6.49. The van der Waals surface area contributed by atoms with Crippen LogP contribution in [0.15, 0.2) is 18.2 Å². The molecule has 0 unspecified atom stereocenters. The van der Waals surface area contributed by atoms with Crippen molar-refractivity contribution in [3.05, 3.63) is 28.8 Å². The van der Waals surface area contributed by atoms with Crippen molar-refractivity contribution < 1.29 is 4.79 Å². The number of carbonyl (C=O) groups is 1. The summed E-state index contributed by atoms with van der Waals surface area (Å²) in [5, 5.41) is 3.37. The fraction of sp³-hybridized carbons (Fsp3) is 0.364. The molecule has 14 heavy (non-hydrogen) atoms. The predicted octanol–water partition coefficient (Wildman–Crippen LogP) is 3.42. The first-order valence-corrected chi connectivity index (χ1v) is 4.95. The van der Waals surface area contributed by atoms with Gasteiger partial charge in [-0.15, -0.1) is 0 Å². The SMILES string of the molecule is CC(=O)Nc1cc(Cl)cc(C(C)C)c1. The second-order valence-corrected chi connectivity index (χ2v) is 4.05. The number of hydrogen-bond donors (Lipinski definition) is 1. The Morgan fingerprint density at radius 3 is 2.50 bits per heavy atom. The molecule has 0 fully saturated rings. The van der Waals surface area contributed by atoms with Gasteiger partial charge in [-0.2, -0.15) is 0 Å². The van der Waals surface area contributed by atoms with E-state index < -0.39 is 0 Å². The van der Waals surface area contributed by atoms with Crippen molar-refractivity contribution in [2.45, 2.75) is 26.7 Å². The van der Waals surface area contributed by atoms with E-state index >= 15 is 0 Å². The molecule has 76 valence electrons. The fourth-order valence-electron chi connectivity index (χ4n) is 1.22. The Morgan fingerprint density at radius 1 is 1.36 bits per heavy atom. The Hall–Kier alpha value is -1.02. The standard InChI is InChI=1S/C11H14ClNO/c1-7(2)9-4-10(12)6-11(5-9)13-8(3)14/h4-7H,1-3H3,(H,13,14). The van der Waals surface area contributed by atoms with Crippen LogP contribution in [0.5, 0.6) is 0 Å². The van der Waals surface area contributed by atoms with Crippen LogP contribution in [0.3, 0.4) is 0 Å². The molecule has 0 aliphatic carbocycles. The molecule has 0 heterocycles. The van der Waals surface area contributed by atoms with E-state index in [0.29, 0.717) is 10.9 Å². The summed E-state index contributed by atoms with van der Waals surface area (Å²) in [6.45, 7) is 5.66. The average Bonchev–Trinajstić information content (AvgIpc) is 2.01. The first kappa shape index (κ1) is 11.1. The quantitative estimate of drug-likeness (QED) is 0.798. The van der Waals surface area contributed by atoms with Gasteiger partial charge in [0.1, 0.15) is 0 Å². The maximum atomic E-state index is 10.9. The normalized spacial score (nSPS) is 10.4.